The Morgan fingerprint density at radius 2 is 0.658 bits per heavy atom. The quantitative estimate of drug-likeness (QED) is 0.0596. The van der Waals surface area contributed by atoms with E-state index in [0.29, 0.717) is 62.6 Å². The summed E-state index contributed by atoms with van der Waals surface area (Å²) in [6.45, 7) is 13.0. The van der Waals surface area contributed by atoms with Crippen LogP contribution in [0.1, 0.15) is 138 Å². The monoisotopic (exact) mass is 1210 g/mol. The maximum atomic E-state index is 11.2. The molecule has 15 nitrogen and oxygen atoms in total. The maximum Gasteiger partial charge on any atom is 0.338 e. The van der Waals surface area contributed by atoms with Gasteiger partial charge in [0.15, 0.2) is 0 Å². The predicted octanol–water partition coefficient (Wildman–Crippen LogP) is 12.2. The fourth-order valence-electron chi connectivity index (χ4n) is 6.14. The SMILES string of the molecule is COC(=O)c1cc(C=O)ccc1C.COC(=O)c1cc(CO)ccc1C.Cc1ccc(C=O)cc1.Cc1ccc(C=O)cc1Br.Cc1ccc(C=O)cc1C(=O)O.Cc1ccc(CO)cc1Br.Cc1ccc(CO)cc1C(=O)O. The highest BCUT2D eigenvalue weighted by Gasteiger charge is 2.11. The number of carboxylic acid groups (broad SMARTS) is 2. The molecule has 0 aliphatic heterocycles. The third-order valence-corrected chi connectivity index (χ3v) is 12.7. The number of carboxylic acids is 2. The molecule has 0 unspecified atom stereocenters. The number of aryl methyl sites for hydroxylation is 7. The lowest BCUT2D eigenvalue weighted by Crippen LogP contribution is -2.04. The maximum absolute atomic E-state index is 11.2. The minimum absolute atomic E-state index is 0.0652. The number of esters is 2. The van der Waals surface area contributed by atoms with Crippen molar-refractivity contribution in [1.82, 2.24) is 0 Å². The van der Waals surface area contributed by atoms with Crippen molar-refractivity contribution in [2.45, 2.75) is 68.3 Å². The second kappa shape index (κ2) is 36.9. The van der Waals surface area contributed by atoms with Crippen molar-refractivity contribution in [2.75, 3.05) is 14.2 Å². The van der Waals surface area contributed by atoms with Crippen LogP contribution >= 0.6 is 31.9 Å². The van der Waals surface area contributed by atoms with E-state index in [0.717, 1.165) is 49.3 Å². The number of benzene rings is 7. The molecular weight excluding hydrogens is 1140 g/mol. The first-order valence-electron chi connectivity index (χ1n) is 23.7. The highest BCUT2D eigenvalue weighted by atomic mass is 79.9. The molecular formula is C62H64Br2O15. The van der Waals surface area contributed by atoms with E-state index in [1.165, 1.54) is 43.5 Å². The van der Waals surface area contributed by atoms with E-state index < -0.39 is 17.9 Å². The van der Waals surface area contributed by atoms with Crippen molar-refractivity contribution in [3.8, 4) is 0 Å². The summed E-state index contributed by atoms with van der Waals surface area (Å²) in [5.74, 6) is -2.74. The molecule has 0 atom stereocenters. The van der Waals surface area contributed by atoms with Gasteiger partial charge in [-0.2, -0.15) is 0 Å². The number of aldehydes is 4. The molecule has 416 valence electrons. The van der Waals surface area contributed by atoms with Gasteiger partial charge in [-0.15, -0.1) is 0 Å². The van der Waals surface area contributed by atoms with Crippen LogP contribution in [0.15, 0.2) is 142 Å². The molecule has 5 N–H and O–H groups in total. The fraction of sp³-hybridized carbons (Fsp3) is 0.194. The fourth-order valence-corrected chi connectivity index (χ4v) is 6.97. The number of methoxy groups -OCH3 is 2. The van der Waals surface area contributed by atoms with Crippen LogP contribution in [0.2, 0.25) is 0 Å². The van der Waals surface area contributed by atoms with Crippen molar-refractivity contribution in [1.29, 1.82) is 0 Å². The van der Waals surface area contributed by atoms with Gasteiger partial charge in [-0.3, -0.25) is 19.2 Å². The summed E-state index contributed by atoms with van der Waals surface area (Å²) in [6.07, 6.45) is 3.02. The molecule has 0 radical (unpaired) electrons. The summed E-state index contributed by atoms with van der Waals surface area (Å²) in [5, 5.41) is 43.7. The zero-order chi connectivity index (χ0) is 59.8. The van der Waals surface area contributed by atoms with Gasteiger partial charge >= 0.3 is 23.9 Å². The Morgan fingerprint density at radius 1 is 0.380 bits per heavy atom. The molecule has 0 spiro atoms. The average molecular weight is 1210 g/mol. The minimum atomic E-state index is -1.00. The average Bonchev–Trinajstić information content (AvgIpc) is 3.45. The second-order valence-electron chi connectivity index (χ2n) is 17.0. The predicted molar refractivity (Wildman–Crippen MR) is 310 cm³/mol. The number of carbonyl (C=O) groups is 8. The van der Waals surface area contributed by atoms with E-state index in [1.807, 2.05) is 82.3 Å². The Hall–Kier alpha value is -8.06. The molecule has 0 heterocycles. The Kier molecular flexibility index (Phi) is 32.2. The van der Waals surface area contributed by atoms with Gasteiger partial charge in [-0.25, -0.2) is 19.2 Å². The van der Waals surface area contributed by atoms with Crippen molar-refractivity contribution < 1.29 is 73.4 Å². The van der Waals surface area contributed by atoms with Crippen LogP contribution in [0.25, 0.3) is 0 Å². The smallest absolute Gasteiger partial charge is 0.338 e. The second-order valence-corrected chi connectivity index (χ2v) is 18.7. The van der Waals surface area contributed by atoms with Gasteiger partial charge in [-0.1, -0.05) is 134 Å². The van der Waals surface area contributed by atoms with E-state index in [4.69, 9.17) is 25.5 Å². The number of hydrogen-bond acceptors (Lipinski definition) is 13. The van der Waals surface area contributed by atoms with E-state index in [1.54, 1.807) is 81.4 Å². The minimum Gasteiger partial charge on any atom is -0.478 e. The third kappa shape index (κ3) is 24.9. The van der Waals surface area contributed by atoms with Crippen LogP contribution < -0.4 is 0 Å². The summed E-state index contributed by atoms with van der Waals surface area (Å²) < 4.78 is 11.2. The number of hydrogen-bond donors (Lipinski definition) is 5. The van der Waals surface area contributed by atoms with Crippen LogP contribution in [-0.2, 0) is 29.3 Å². The molecule has 7 rings (SSSR count). The zero-order valence-electron chi connectivity index (χ0n) is 45.2. The highest BCUT2D eigenvalue weighted by Crippen LogP contribution is 2.19. The summed E-state index contributed by atoms with van der Waals surface area (Å²) in [5.41, 5.74) is 12.5. The van der Waals surface area contributed by atoms with Gasteiger partial charge < -0.3 is 35.0 Å². The summed E-state index contributed by atoms with van der Waals surface area (Å²) >= 11 is 6.70. The van der Waals surface area contributed by atoms with E-state index in [2.05, 4.69) is 41.3 Å². The van der Waals surface area contributed by atoms with Crippen LogP contribution in [0, 0.1) is 48.5 Å². The molecule has 0 saturated heterocycles. The Morgan fingerprint density at radius 3 is 1.01 bits per heavy atom. The standard InChI is InChI=1S/C10H12O3.C10H10O3.C9H10O3.C9H8O3.C8H9BrO.C8H7BrO.C8H8O/c2*1-7-3-4-8(6-11)5-9(7)10(12)13-2;2*1-6-2-3-7(5-10)4-8(6)9(11)12;2*1-6-2-3-7(5-10)4-8(6)9;1-7-2-4-8(6-9)5-3-7/h3-5,11H,6H2,1-2H3;3-6H,1-2H3;2-4,10H,5H2,1H3,(H,11,12);2-5H,1H3,(H,11,12);2-4,10H,5H2,1H3;2-5H,1H3;2-6H,1H3. The lowest BCUT2D eigenvalue weighted by atomic mass is 10.1. The molecule has 0 aliphatic carbocycles. The van der Waals surface area contributed by atoms with E-state index >= 15 is 0 Å². The molecule has 0 aliphatic rings. The largest absolute Gasteiger partial charge is 0.478 e. The van der Waals surface area contributed by atoms with Crippen molar-refractivity contribution in [3.63, 3.8) is 0 Å². The van der Waals surface area contributed by atoms with Gasteiger partial charge in [0.2, 0.25) is 0 Å². The number of aliphatic hydroxyl groups excluding tert-OH is 3. The van der Waals surface area contributed by atoms with Gasteiger partial charge in [0, 0.05) is 31.2 Å². The van der Waals surface area contributed by atoms with Crippen molar-refractivity contribution >= 4 is 80.9 Å². The lowest BCUT2D eigenvalue weighted by molar-refractivity contribution is 0.0590. The van der Waals surface area contributed by atoms with Gasteiger partial charge in [0.25, 0.3) is 0 Å². The van der Waals surface area contributed by atoms with Gasteiger partial charge in [0.05, 0.1) is 56.3 Å². The molecule has 7 aromatic rings. The summed E-state index contributed by atoms with van der Waals surface area (Å²) in [6, 6.07) is 38.4. The van der Waals surface area contributed by atoms with Crippen LogP contribution in [-0.4, -0.2) is 88.8 Å². The molecule has 0 aromatic heterocycles. The first-order chi connectivity index (χ1) is 37.5. The third-order valence-electron chi connectivity index (χ3n) is 11.0. The van der Waals surface area contributed by atoms with Crippen LogP contribution in [0.3, 0.4) is 0 Å². The van der Waals surface area contributed by atoms with E-state index in [9.17, 15) is 38.4 Å². The highest BCUT2D eigenvalue weighted by molar-refractivity contribution is 9.10. The molecule has 0 bridgehead atoms. The van der Waals surface area contributed by atoms with Gasteiger partial charge in [0.1, 0.15) is 25.1 Å². The number of halogens is 2. The lowest BCUT2D eigenvalue weighted by Gasteiger charge is -2.04. The van der Waals surface area contributed by atoms with Crippen molar-refractivity contribution in [3.05, 3.63) is 243 Å². The first-order valence-corrected chi connectivity index (χ1v) is 25.3. The topological polar surface area (TPSA) is 256 Å². The Balaban J connectivity index is 0.000000462. The van der Waals surface area contributed by atoms with Crippen molar-refractivity contribution in [2.24, 2.45) is 0 Å². The van der Waals surface area contributed by atoms with E-state index in [-0.39, 0.29) is 36.9 Å². The molecule has 79 heavy (non-hydrogen) atoms. The number of rotatable bonds is 11. The molecule has 7 aromatic carbocycles. The first kappa shape index (κ1) is 69.0. The number of aromatic carboxylic acids is 2. The normalized spacial score (nSPS) is 9.54. The zero-order valence-corrected chi connectivity index (χ0v) is 48.4. The molecule has 0 fully saturated rings. The molecule has 17 heteroatoms. The molecule has 0 saturated carbocycles. The number of carbonyl (C=O) groups excluding carboxylic acids is 6. The van der Waals surface area contributed by atoms with Crippen LogP contribution in [0.4, 0.5) is 0 Å². The summed E-state index contributed by atoms with van der Waals surface area (Å²) in [7, 11) is 2.66. The number of aliphatic hydroxyl groups is 3. The van der Waals surface area contributed by atoms with Gasteiger partial charge in [-0.05, 0) is 135 Å². The summed E-state index contributed by atoms with van der Waals surface area (Å²) in [4.78, 5) is 84.6. The number of ether oxygens (including phenoxy) is 2. The molecule has 0 amide bonds. The Bertz CT molecular complexity index is 3170. The van der Waals surface area contributed by atoms with Crippen LogP contribution in [0.5, 0.6) is 0 Å². The Labute approximate surface area is 476 Å².